The summed E-state index contributed by atoms with van der Waals surface area (Å²) in [5.41, 5.74) is 0.676. The van der Waals surface area contributed by atoms with Crippen LogP contribution in [0.2, 0.25) is 0 Å². The molecular formula is C11H5F2N3. The van der Waals surface area contributed by atoms with Crippen molar-refractivity contribution in [3.63, 3.8) is 0 Å². The molecule has 3 nitrogen and oxygen atoms in total. The first-order valence-electron chi connectivity index (χ1n) is 4.38. The first-order valence-corrected chi connectivity index (χ1v) is 4.38. The van der Waals surface area contributed by atoms with Gasteiger partial charge in [-0.3, -0.25) is 0 Å². The first-order chi connectivity index (χ1) is 7.70. The van der Waals surface area contributed by atoms with Gasteiger partial charge in [-0.15, -0.1) is 0 Å². The molecule has 0 amide bonds. The molecule has 0 bridgehead atoms. The highest BCUT2D eigenvalue weighted by Gasteiger charge is 2.06. The Bertz CT molecular complexity index is 558. The smallest absolute Gasteiger partial charge is 0.159 e. The third-order valence-corrected chi connectivity index (χ3v) is 1.96. The van der Waals surface area contributed by atoms with Gasteiger partial charge < -0.3 is 0 Å². The van der Waals surface area contributed by atoms with Gasteiger partial charge in [0.05, 0.1) is 5.56 Å². The summed E-state index contributed by atoms with van der Waals surface area (Å²) in [5.74, 6) is -1.62. The van der Waals surface area contributed by atoms with E-state index in [4.69, 9.17) is 5.26 Å². The van der Waals surface area contributed by atoms with Crippen LogP contribution >= 0.6 is 0 Å². The predicted molar refractivity (Wildman–Crippen MR) is 52.1 cm³/mol. The fourth-order valence-electron chi connectivity index (χ4n) is 1.17. The van der Waals surface area contributed by atoms with Crippen LogP contribution in [0.3, 0.4) is 0 Å². The lowest BCUT2D eigenvalue weighted by atomic mass is 10.2. The van der Waals surface area contributed by atoms with E-state index in [-0.39, 0.29) is 5.82 Å². The molecule has 78 valence electrons. The third kappa shape index (κ3) is 1.86. The second-order valence-electron chi connectivity index (χ2n) is 3.04. The van der Waals surface area contributed by atoms with Gasteiger partial charge >= 0.3 is 0 Å². The van der Waals surface area contributed by atoms with Gasteiger partial charge in [0.15, 0.2) is 17.5 Å². The number of rotatable bonds is 1. The molecule has 0 unspecified atom stereocenters. The van der Waals surface area contributed by atoms with Crippen molar-refractivity contribution < 1.29 is 8.78 Å². The Morgan fingerprint density at radius 3 is 2.31 bits per heavy atom. The van der Waals surface area contributed by atoms with Gasteiger partial charge in [0.25, 0.3) is 0 Å². The highest BCUT2D eigenvalue weighted by atomic mass is 19.2. The third-order valence-electron chi connectivity index (χ3n) is 1.96. The van der Waals surface area contributed by atoms with E-state index < -0.39 is 11.6 Å². The molecular weight excluding hydrogens is 212 g/mol. The number of nitriles is 1. The quantitative estimate of drug-likeness (QED) is 0.736. The van der Waals surface area contributed by atoms with Crippen molar-refractivity contribution in [1.29, 1.82) is 5.26 Å². The van der Waals surface area contributed by atoms with E-state index in [0.717, 1.165) is 12.1 Å². The van der Waals surface area contributed by atoms with Crippen LogP contribution in [0, 0.1) is 23.0 Å². The summed E-state index contributed by atoms with van der Waals surface area (Å²) in [7, 11) is 0. The monoisotopic (exact) mass is 217 g/mol. The number of benzene rings is 1. The molecule has 0 atom stereocenters. The van der Waals surface area contributed by atoms with E-state index in [1.165, 1.54) is 18.5 Å². The van der Waals surface area contributed by atoms with Crippen LogP contribution in [-0.2, 0) is 0 Å². The van der Waals surface area contributed by atoms with E-state index in [1.807, 2.05) is 6.07 Å². The van der Waals surface area contributed by atoms with E-state index in [0.29, 0.717) is 11.1 Å². The summed E-state index contributed by atoms with van der Waals surface area (Å²) < 4.78 is 25.6. The zero-order valence-electron chi connectivity index (χ0n) is 7.98. The fraction of sp³-hybridized carbons (Fsp3) is 0. The molecule has 5 heteroatoms. The number of halogens is 2. The summed E-state index contributed by atoms with van der Waals surface area (Å²) in [4.78, 5) is 7.74. The molecule has 0 N–H and O–H groups in total. The lowest BCUT2D eigenvalue weighted by molar-refractivity contribution is 0.509. The molecule has 0 spiro atoms. The van der Waals surface area contributed by atoms with Crippen LogP contribution in [-0.4, -0.2) is 9.97 Å². The van der Waals surface area contributed by atoms with Gasteiger partial charge in [-0.25, -0.2) is 18.7 Å². The lowest BCUT2D eigenvalue weighted by Crippen LogP contribution is -1.91. The maximum Gasteiger partial charge on any atom is 0.159 e. The van der Waals surface area contributed by atoms with Crippen molar-refractivity contribution in [3.05, 3.63) is 47.8 Å². The number of nitrogens with zero attached hydrogens (tertiary/aromatic N) is 3. The Hall–Kier alpha value is -2.35. The molecule has 2 aromatic rings. The van der Waals surface area contributed by atoms with Crippen LogP contribution in [0.15, 0.2) is 30.6 Å². The predicted octanol–water partition coefficient (Wildman–Crippen LogP) is 2.29. The molecule has 0 aliphatic rings. The van der Waals surface area contributed by atoms with Crippen molar-refractivity contribution in [2.45, 2.75) is 0 Å². The summed E-state index contributed by atoms with van der Waals surface area (Å²) in [6.45, 7) is 0. The van der Waals surface area contributed by atoms with Crippen LogP contribution in [0.5, 0.6) is 0 Å². The molecule has 1 aromatic heterocycles. The maximum absolute atomic E-state index is 12.9. The molecule has 0 fully saturated rings. The topological polar surface area (TPSA) is 49.6 Å². The van der Waals surface area contributed by atoms with E-state index in [9.17, 15) is 8.78 Å². The van der Waals surface area contributed by atoms with Gasteiger partial charge in [0.2, 0.25) is 0 Å². The van der Waals surface area contributed by atoms with Crippen LogP contribution in [0.1, 0.15) is 5.56 Å². The van der Waals surface area contributed by atoms with Crippen molar-refractivity contribution in [3.8, 4) is 17.5 Å². The summed E-state index contributed by atoms with van der Waals surface area (Å²) in [5, 5.41) is 8.54. The molecule has 1 heterocycles. The van der Waals surface area contributed by atoms with E-state index >= 15 is 0 Å². The molecule has 0 aliphatic heterocycles. The van der Waals surface area contributed by atoms with Crippen molar-refractivity contribution >= 4 is 0 Å². The van der Waals surface area contributed by atoms with Crippen LogP contribution in [0.4, 0.5) is 8.78 Å². The molecule has 0 radical (unpaired) electrons. The Kier molecular flexibility index (Phi) is 2.56. The Balaban J connectivity index is 2.43. The molecule has 0 aliphatic carbocycles. The highest BCUT2D eigenvalue weighted by Crippen LogP contribution is 2.17. The minimum Gasteiger partial charge on any atom is -0.235 e. The van der Waals surface area contributed by atoms with Gasteiger partial charge in [0, 0.05) is 18.0 Å². The van der Waals surface area contributed by atoms with Crippen molar-refractivity contribution in [2.24, 2.45) is 0 Å². The average molecular weight is 217 g/mol. The molecule has 1 aromatic carbocycles. The Labute approximate surface area is 90.0 Å². The lowest BCUT2D eigenvalue weighted by Gasteiger charge is -2.00. The summed E-state index contributed by atoms with van der Waals surface area (Å²) >= 11 is 0. The molecule has 0 saturated heterocycles. The molecule has 0 saturated carbocycles. The standard InChI is InChI=1S/C11H5F2N3/c12-9-2-1-8(3-10(9)13)11-15-5-7(4-14)6-16-11/h1-3,5-6H. The summed E-state index contributed by atoms with van der Waals surface area (Å²) in [6, 6.07) is 5.26. The highest BCUT2D eigenvalue weighted by molar-refractivity contribution is 5.54. The van der Waals surface area contributed by atoms with Crippen LogP contribution in [0.25, 0.3) is 11.4 Å². The normalized spacial score (nSPS) is 9.81. The minimum absolute atomic E-state index is 0.248. The zero-order valence-corrected chi connectivity index (χ0v) is 7.98. The average Bonchev–Trinajstić information content (AvgIpc) is 2.33. The first kappa shape index (κ1) is 10.2. The molecule has 16 heavy (non-hydrogen) atoms. The van der Waals surface area contributed by atoms with E-state index in [2.05, 4.69) is 9.97 Å². The Morgan fingerprint density at radius 2 is 1.75 bits per heavy atom. The van der Waals surface area contributed by atoms with Crippen molar-refractivity contribution in [1.82, 2.24) is 9.97 Å². The van der Waals surface area contributed by atoms with Crippen LogP contribution < -0.4 is 0 Å². The Morgan fingerprint density at radius 1 is 1.06 bits per heavy atom. The number of aromatic nitrogens is 2. The van der Waals surface area contributed by atoms with Crippen molar-refractivity contribution in [2.75, 3.05) is 0 Å². The maximum atomic E-state index is 12.9. The fourth-order valence-corrected chi connectivity index (χ4v) is 1.17. The van der Waals surface area contributed by atoms with Gasteiger partial charge in [-0.1, -0.05) is 0 Å². The SMILES string of the molecule is N#Cc1cnc(-c2ccc(F)c(F)c2)nc1. The number of hydrogen-bond donors (Lipinski definition) is 0. The van der Waals surface area contributed by atoms with Gasteiger partial charge in [0.1, 0.15) is 6.07 Å². The largest absolute Gasteiger partial charge is 0.235 e. The van der Waals surface area contributed by atoms with E-state index in [1.54, 1.807) is 0 Å². The second kappa shape index (κ2) is 4.03. The van der Waals surface area contributed by atoms with Gasteiger partial charge in [-0.2, -0.15) is 5.26 Å². The second-order valence-corrected chi connectivity index (χ2v) is 3.04. The number of hydrogen-bond acceptors (Lipinski definition) is 3. The molecule has 2 rings (SSSR count). The summed E-state index contributed by atoms with van der Waals surface area (Å²) in [6.07, 6.45) is 2.65. The zero-order chi connectivity index (χ0) is 11.5. The van der Waals surface area contributed by atoms with Gasteiger partial charge in [-0.05, 0) is 18.2 Å². The minimum atomic E-state index is -0.953.